The van der Waals surface area contributed by atoms with E-state index in [1.165, 1.54) is 0 Å². The van der Waals surface area contributed by atoms with Crippen LogP contribution in [0, 0.1) is 0 Å². The van der Waals surface area contributed by atoms with Gasteiger partial charge in [0.1, 0.15) is 11.5 Å². The molecule has 2 heterocycles. The molecule has 0 spiro atoms. The topological polar surface area (TPSA) is 126 Å². The van der Waals surface area contributed by atoms with Crippen molar-refractivity contribution < 1.29 is 24.2 Å². The van der Waals surface area contributed by atoms with Gasteiger partial charge < -0.3 is 25.6 Å². The summed E-state index contributed by atoms with van der Waals surface area (Å²) in [6.07, 6.45) is 2.30. The molecule has 0 saturated heterocycles. The van der Waals surface area contributed by atoms with Crippen molar-refractivity contribution in [3.63, 3.8) is 0 Å². The number of amides is 2. The van der Waals surface area contributed by atoms with Crippen LogP contribution in [0.3, 0.4) is 0 Å². The van der Waals surface area contributed by atoms with Gasteiger partial charge in [-0.3, -0.25) is 14.5 Å². The average molecular weight is 495 g/mol. The minimum absolute atomic E-state index is 0.0737. The van der Waals surface area contributed by atoms with E-state index in [1.807, 2.05) is 26.0 Å². The zero-order valence-electron chi connectivity index (χ0n) is 21.0. The first-order chi connectivity index (χ1) is 17.4. The number of methoxy groups -OCH3 is 1. The van der Waals surface area contributed by atoms with Crippen molar-refractivity contribution in [2.24, 2.45) is 10.7 Å². The Morgan fingerprint density at radius 1 is 1.31 bits per heavy atom. The molecule has 1 unspecified atom stereocenters. The first kappa shape index (κ1) is 25.5. The molecule has 2 amide bonds. The number of aliphatic imine (C=N–C) groups is 1. The van der Waals surface area contributed by atoms with E-state index in [-0.39, 0.29) is 30.4 Å². The molecule has 2 aromatic rings. The number of fused-ring (bicyclic) bond motifs is 1. The number of nitrogens with two attached hydrogens (primary N) is 1. The van der Waals surface area contributed by atoms with Gasteiger partial charge in [-0.1, -0.05) is 32.0 Å². The van der Waals surface area contributed by atoms with Crippen LogP contribution < -0.4 is 20.5 Å². The molecule has 2 aliphatic heterocycles. The van der Waals surface area contributed by atoms with E-state index in [9.17, 15) is 14.7 Å². The maximum Gasteiger partial charge on any atom is 0.251 e. The van der Waals surface area contributed by atoms with Crippen molar-refractivity contribution in [3.05, 3.63) is 59.2 Å². The molecular formula is C27H34N4O5. The fourth-order valence-electron chi connectivity index (χ4n) is 5.03. The molecule has 36 heavy (non-hydrogen) atoms. The Bertz CT molecular complexity index is 1160. The first-order valence-electron chi connectivity index (χ1n) is 12.3. The molecule has 2 atom stereocenters. The molecule has 4 N–H and O–H groups in total. The highest BCUT2D eigenvalue weighted by atomic mass is 16.5. The van der Waals surface area contributed by atoms with Gasteiger partial charge in [-0.25, -0.2) is 4.99 Å². The van der Waals surface area contributed by atoms with Crippen LogP contribution in [-0.2, 0) is 4.79 Å². The van der Waals surface area contributed by atoms with E-state index in [0.29, 0.717) is 47.6 Å². The van der Waals surface area contributed by atoms with Gasteiger partial charge in [0, 0.05) is 23.1 Å². The van der Waals surface area contributed by atoms with Crippen LogP contribution in [0.5, 0.6) is 11.5 Å². The maximum atomic E-state index is 13.3. The fraction of sp³-hybridized carbons (Fsp3) is 0.444. The highest BCUT2D eigenvalue weighted by molar-refractivity contribution is 6.00. The SMILES string of the molecule is CCC1(CC)CC(=O)N([C@@H]2CCOc3ccc(C(=O)NC(CO)c4ccccc4OC)cc32)C(N)=N1. The van der Waals surface area contributed by atoms with Gasteiger partial charge in [-0.05, 0) is 37.1 Å². The number of rotatable bonds is 8. The molecule has 0 saturated carbocycles. The lowest BCUT2D eigenvalue weighted by Crippen LogP contribution is -2.53. The molecule has 0 aromatic heterocycles. The van der Waals surface area contributed by atoms with E-state index in [1.54, 1.807) is 42.3 Å². The third-order valence-electron chi connectivity index (χ3n) is 7.26. The van der Waals surface area contributed by atoms with Crippen LogP contribution in [0.2, 0.25) is 0 Å². The van der Waals surface area contributed by atoms with E-state index >= 15 is 0 Å². The second-order valence-electron chi connectivity index (χ2n) is 9.20. The number of hydrogen-bond acceptors (Lipinski definition) is 7. The van der Waals surface area contributed by atoms with Crippen molar-refractivity contribution in [1.29, 1.82) is 0 Å². The van der Waals surface area contributed by atoms with Crippen LogP contribution in [-0.4, -0.2) is 53.6 Å². The Morgan fingerprint density at radius 2 is 2.06 bits per heavy atom. The summed E-state index contributed by atoms with van der Waals surface area (Å²) in [4.78, 5) is 32.8. The largest absolute Gasteiger partial charge is 0.496 e. The minimum Gasteiger partial charge on any atom is -0.496 e. The maximum absolute atomic E-state index is 13.3. The molecule has 0 fully saturated rings. The Hall–Kier alpha value is -3.59. The van der Waals surface area contributed by atoms with Gasteiger partial charge in [0.2, 0.25) is 5.91 Å². The number of carbonyl (C=O) groups is 2. The number of para-hydroxylation sites is 1. The molecular weight excluding hydrogens is 460 g/mol. The standard InChI is InChI=1S/C27H34N4O5/c1-4-27(5-2)15-24(33)31(26(28)30-27)21-12-13-36-23-11-10-17(14-19(21)23)25(34)29-20(16-32)18-8-6-7-9-22(18)35-3/h6-11,14,20-21,32H,4-5,12-13,15-16H2,1-3H3,(H2,28,30)(H,29,34)/t20?,21-/m1/s1. The number of hydrogen-bond donors (Lipinski definition) is 3. The molecule has 2 aromatic carbocycles. The van der Waals surface area contributed by atoms with Gasteiger partial charge >= 0.3 is 0 Å². The van der Waals surface area contributed by atoms with E-state index in [2.05, 4.69) is 5.32 Å². The van der Waals surface area contributed by atoms with Crippen molar-refractivity contribution in [2.45, 2.75) is 57.2 Å². The Morgan fingerprint density at radius 3 is 2.72 bits per heavy atom. The van der Waals surface area contributed by atoms with Crippen molar-refractivity contribution in [1.82, 2.24) is 10.2 Å². The Kier molecular flexibility index (Phi) is 7.49. The third-order valence-corrected chi connectivity index (χ3v) is 7.26. The lowest BCUT2D eigenvalue weighted by molar-refractivity contribution is -0.132. The third kappa shape index (κ3) is 4.75. The monoisotopic (exact) mass is 494 g/mol. The zero-order valence-corrected chi connectivity index (χ0v) is 21.0. The summed E-state index contributed by atoms with van der Waals surface area (Å²) in [6, 6.07) is 11.3. The van der Waals surface area contributed by atoms with Crippen molar-refractivity contribution in [2.75, 3.05) is 20.3 Å². The van der Waals surface area contributed by atoms with Gasteiger partial charge in [0.15, 0.2) is 5.96 Å². The Labute approximate surface area is 211 Å². The summed E-state index contributed by atoms with van der Waals surface area (Å²) < 4.78 is 11.2. The van der Waals surface area contributed by atoms with Crippen LogP contribution in [0.4, 0.5) is 0 Å². The summed E-state index contributed by atoms with van der Waals surface area (Å²) >= 11 is 0. The molecule has 0 radical (unpaired) electrons. The average Bonchev–Trinajstić information content (AvgIpc) is 2.90. The number of aliphatic hydroxyl groups excluding tert-OH is 1. The molecule has 0 aliphatic carbocycles. The zero-order chi connectivity index (χ0) is 25.9. The number of nitrogens with one attached hydrogen (secondary N) is 1. The fourth-order valence-corrected chi connectivity index (χ4v) is 5.03. The van der Waals surface area contributed by atoms with Gasteiger partial charge in [-0.2, -0.15) is 0 Å². The summed E-state index contributed by atoms with van der Waals surface area (Å²) in [5.74, 6) is 0.947. The predicted molar refractivity (Wildman–Crippen MR) is 136 cm³/mol. The second-order valence-corrected chi connectivity index (χ2v) is 9.20. The van der Waals surface area contributed by atoms with E-state index < -0.39 is 11.6 Å². The van der Waals surface area contributed by atoms with Crippen LogP contribution in [0.1, 0.15) is 73.1 Å². The number of ether oxygens (including phenoxy) is 2. The summed E-state index contributed by atoms with van der Waals surface area (Å²) in [5, 5.41) is 12.9. The lowest BCUT2D eigenvalue weighted by atomic mass is 9.87. The predicted octanol–water partition coefficient (Wildman–Crippen LogP) is 3.09. The van der Waals surface area contributed by atoms with Gasteiger partial charge in [0.05, 0.1) is 44.4 Å². The molecule has 192 valence electrons. The summed E-state index contributed by atoms with van der Waals surface area (Å²) in [7, 11) is 1.54. The summed E-state index contributed by atoms with van der Waals surface area (Å²) in [6.45, 7) is 4.16. The first-order valence-corrected chi connectivity index (χ1v) is 12.3. The minimum atomic E-state index is -0.653. The lowest BCUT2D eigenvalue weighted by Gasteiger charge is -2.41. The number of nitrogens with zero attached hydrogens (tertiary/aromatic N) is 2. The smallest absolute Gasteiger partial charge is 0.251 e. The Balaban J connectivity index is 1.63. The van der Waals surface area contributed by atoms with Gasteiger partial charge in [-0.15, -0.1) is 0 Å². The van der Waals surface area contributed by atoms with E-state index in [4.69, 9.17) is 20.2 Å². The van der Waals surface area contributed by atoms with E-state index in [0.717, 1.165) is 12.8 Å². The molecule has 0 bridgehead atoms. The molecule has 4 rings (SSSR count). The van der Waals surface area contributed by atoms with Crippen molar-refractivity contribution >= 4 is 17.8 Å². The van der Waals surface area contributed by atoms with Crippen LogP contribution in [0.15, 0.2) is 47.5 Å². The molecule has 9 heteroatoms. The van der Waals surface area contributed by atoms with Gasteiger partial charge in [0.25, 0.3) is 5.91 Å². The highest BCUT2D eigenvalue weighted by Crippen LogP contribution is 2.40. The molecule has 2 aliphatic rings. The number of aliphatic hydroxyl groups is 1. The number of carbonyl (C=O) groups excluding carboxylic acids is 2. The normalized spacial score (nSPS) is 19.6. The van der Waals surface area contributed by atoms with Crippen molar-refractivity contribution in [3.8, 4) is 11.5 Å². The number of benzene rings is 2. The van der Waals surface area contributed by atoms with Crippen LogP contribution >= 0.6 is 0 Å². The molecule has 9 nitrogen and oxygen atoms in total. The second kappa shape index (κ2) is 10.6. The highest BCUT2D eigenvalue weighted by Gasteiger charge is 2.41. The number of guanidine groups is 1. The summed E-state index contributed by atoms with van der Waals surface area (Å²) in [5.41, 5.74) is 7.65. The van der Waals surface area contributed by atoms with Crippen LogP contribution in [0.25, 0.3) is 0 Å². The quantitative estimate of drug-likeness (QED) is 0.518.